The van der Waals surface area contributed by atoms with Crippen molar-refractivity contribution < 1.29 is 0 Å². The number of nitrogens with zero attached hydrogens (tertiary/aromatic N) is 3. The molecule has 0 aromatic carbocycles. The van der Waals surface area contributed by atoms with Crippen LogP contribution in [0.5, 0.6) is 0 Å². The predicted octanol–water partition coefficient (Wildman–Crippen LogP) is 2.85. The quantitative estimate of drug-likeness (QED) is 0.908. The number of hydrogen-bond acceptors (Lipinski definition) is 4. The summed E-state index contributed by atoms with van der Waals surface area (Å²) >= 11 is 5.29. The van der Waals surface area contributed by atoms with Crippen molar-refractivity contribution in [1.29, 1.82) is 0 Å². The minimum Gasteiger partial charge on any atom is -0.327 e. The van der Waals surface area contributed by atoms with Crippen LogP contribution in [0.2, 0.25) is 0 Å². The molecule has 104 valence electrons. The van der Waals surface area contributed by atoms with Gasteiger partial charge >= 0.3 is 0 Å². The van der Waals surface area contributed by atoms with Crippen LogP contribution in [0.25, 0.3) is 0 Å². The SMILES string of the molecule is CCn1nc(C)c(Br)c1CC(N)Cc1nc(C)cs1. The maximum atomic E-state index is 6.25. The van der Waals surface area contributed by atoms with E-state index in [1.807, 2.05) is 18.5 Å². The van der Waals surface area contributed by atoms with Crippen molar-refractivity contribution in [3.05, 3.63) is 31.9 Å². The first kappa shape index (κ1) is 14.7. The van der Waals surface area contributed by atoms with E-state index in [1.54, 1.807) is 11.3 Å². The van der Waals surface area contributed by atoms with Gasteiger partial charge in [0.05, 0.1) is 20.9 Å². The first-order chi connectivity index (χ1) is 9.01. The van der Waals surface area contributed by atoms with Gasteiger partial charge in [-0.15, -0.1) is 11.3 Å². The topological polar surface area (TPSA) is 56.7 Å². The fraction of sp³-hybridized carbons (Fsp3) is 0.538. The van der Waals surface area contributed by atoms with Crippen molar-refractivity contribution in [1.82, 2.24) is 14.8 Å². The van der Waals surface area contributed by atoms with E-state index in [0.717, 1.165) is 40.3 Å². The fourth-order valence-corrected chi connectivity index (χ4v) is 3.42. The van der Waals surface area contributed by atoms with Gasteiger partial charge in [0.1, 0.15) is 0 Å². The third kappa shape index (κ3) is 3.43. The van der Waals surface area contributed by atoms with Crippen molar-refractivity contribution in [2.75, 3.05) is 0 Å². The van der Waals surface area contributed by atoms with Crippen LogP contribution < -0.4 is 5.73 Å². The average Bonchev–Trinajstić information content (AvgIpc) is 2.87. The van der Waals surface area contributed by atoms with Gasteiger partial charge in [0.25, 0.3) is 0 Å². The fourth-order valence-electron chi connectivity index (χ4n) is 2.11. The number of aromatic nitrogens is 3. The van der Waals surface area contributed by atoms with Crippen LogP contribution in [0.3, 0.4) is 0 Å². The third-order valence-corrected chi connectivity index (χ3v) is 5.03. The molecule has 0 fully saturated rings. The summed E-state index contributed by atoms with van der Waals surface area (Å²) in [6, 6.07) is 0.0725. The molecule has 2 aromatic heterocycles. The molecule has 1 unspecified atom stereocenters. The molecule has 2 rings (SSSR count). The van der Waals surface area contributed by atoms with Crippen molar-refractivity contribution in [3.8, 4) is 0 Å². The van der Waals surface area contributed by atoms with Gasteiger partial charge in [-0.05, 0) is 36.7 Å². The molecule has 0 amide bonds. The van der Waals surface area contributed by atoms with Crippen LogP contribution in [0.1, 0.15) is 29.0 Å². The van der Waals surface area contributed by atoms with Gasteiger partial charge in [-0.3, -0.25) is 4.68 Å². The summed E-state index contributed by atoms with van der Waals surface area (Å²) in [5.41, 5.74) is 9.53. The number of thiazole rings is 1. The minimum atomic E-state index is 0.0725. The molecule has 2 N–H and O–H groups in total. The summed E-state index contributed by atoms with van der Waals surface area (Å²) in [5.74, 6) is 0. The molecule has 0 saturated heterocycles. The highest BCUT2D eigenvalue weighted by molar-refractivity contribution is 9.10. The number of halogens is 1. The van der Waals surface area contributed by atoms with Crippen LogP contribution in [-0.4, -0.2) is 20.8 Å². The van der Waals surface area contributed by atoms with Crippen LogP contribution in [0.15, 0.2) is 9.85 Å². The molecule has 0 bridgehead atoms. The Morgan fingerprint density at radius 1 is 1.42 bits per heavy atom. The molecule has 0 saturated carbocycles. The lowest BCUT2D eigenvalue weighted by atomic mass is 10.1. The maximum Gasteiger partial charge on any atom is 0.0943 e. The summed E-state index contributed by atoms with van der Waals surface area (Å²) in [7, 11) is 0. The van der Waals surface area contributed by atoms with Gasteiger partial charge in [-0.1, -0.05) is 0 Å². The molecule has 4 nitrogen and oxygen atoms in total. The summed E-state index contributed by atoms with van der Waals surface area (Å²) in [6.07, 6.45) is 1.63. The van der Waals surface area contributed by atoms with Gasteiger partial charge in [0.15, 0.2) is 0 Å². The molecule has 2 aromatic rings. The second kappa shape index (κ2) is 6.15. The van der Waals surface area contributed by atoms with Gasteiger partial charge < -0.3 is 5.73 Å². The molecule has 1 atom stereocenters. The zero-order valence-corrected chi connectivity index (χ0v) is 13.9. The van der Waals surface area contributed by atoms with Crippen molar-refractivity contribution in [2.24, 2.45) is 5.73 Å². The molecule has 0 aliphatic rings. The molecule has 0 radical (unpaired) electrons. The molecular weight excluding hydrogens is 324 g/mol. The Hall–Kier alpha value is -0.720. The summed E-state index contributed by atoms with van der Waals surface area (Å²) in [5, 5.41) is 7.67. The normalized spacial score (nSPS) is 12.9. The first-order valence-corrected chi connectivity index (χ1v) is 8.06. The molecule has 2 heterocycles. The lowest BCUT2D eigenvalue weighted by molar-refractivity contribution is 0.572. The van der Waals surface area contributed by atoms with E-state index in [1.165, 1.54) is 5.69 Å². The number of rotatable bonds is 5. The Bertz CT molecular complexity index is 561. The van der Waals surface area contributed by atoms with E-state index in [2.05, 4.69) is 38.3 Å². The van der Waals surface area contributed by atoms with Gasteiger partial charge in [0.2, 0.25) is 0 Å². The molecule has 19 heavy (non-hydrogen) atoms. The monoisotopic (exact) mass is 342 g/mol. The highest BCUT2D eigenvalue weighted by atomic mass is 79.9. The molecule has 0 aliphatic heterocycles. The van der Waals surface area contributed by atoms with E-state index in [4.69, 9.17) is 5.73 Å². The lowest BCUT2D eigenvalue weighted by Gasteiger charge is -2.11. The summed E-state index contributed by atoms with van der Waals surface area (Å²) in [4.78, 5) is 4.47. The Labute approximate surface area is 126 Å². The van der Waals surface area contributed by atoms with Crippen LogP contribution >= 0.6 is 27.3 Å². The van der Waals surface area contributed by atoms with Gasteiger partial charge in [-0.25, -0.2) is 4.98 Å². The van der Waals surface area contributed by atoms with Crippen LogP contribution in [0.4, 0.5) is 0 Å². The highest BCUT2D eigenvalue weighted by Gasteiger charge is 2.16. The highest BCUT2D eigenvalue weighted by Crippen LogP contribution is 2.23. The van der Waals surface area contributed by atoms with Crippen molar-refractivity contribution in [3.63, 3.8) is 0 Å². The van der Waals surface area contributed by atoms with E-state index < -0.39 is 0 Å². The van der Waals surface area contributed by atoms with Gasteiger partial charge in [-0.2, -0.15) is 5.10 Å². The molecule has 0 spiro atoms. The first-order valence-electron chi connectivity index (χ1n) is 6.39. The Morgan fingerprint density at radius 2 is 2.16 bits per heavy atom. The Morgan fingerprint density at radius 3 is 2.74 bits per heavy atom. The van der Waals surface area contributed by atoms with E-state index in [0.29, 0.717) is 0 Å². The lowest BCUT2D eigenvalue weighted by Crippen LogP contribution is -2.27. The number of aryl methyl sites for hydroxylation is 3. The van der Waals surface area contributed by atoms with E-state index in [9.17, 15) is 0 Å². The predicted molar refractivity (Wildman–Crippen MR) is 82.6 cm³/mol. The maximum absolute atomic E-state index is 6.25. The second-order valence-corrected chi connectivity index (χ2v) is 6.45. The molecular formula is C13H19BrN4S. The van der Waals surface area contributed by atoms with E-state index in [-0.39, 0.29) is 6.04 Å². The number of hydrogen-bond donors (Lipinski definition) is 1. The van der Waals surface area contributed by atoms with Gasteiger partial charge in [0, 0.05) is 36.5 Å². The third-order valence-electron chi connectivity index (χ3n) is 3.01. The minimum absolute atomic E-state index is 0.0725. The zero-order valence-electron chi connectivity index (χ0n) is 11.5. The largest absolute Gasteiger partial charge is 0.327 e. The summed E-state index contributed by atoms with van der Waals surface area (Å²) < 4.78 is 3.10. The van der Waals surface area contributed by atoms with E-state index >= 15 is 0 Å². The zero-order chi connectivity index (χ0) is 14.0. The van der Waals surface area contributed by atoms with Crippen LogP contribution in [0, 0.1) is 13.8 Å². The molecule has 6 heteroatoms. The van der Waals surface area contributed by atoms with Crippen LogP contribution in [-0.2, 0) is 19.4 Å². The second-order valence-electron chi connectivity index (χ2n) is 4.71. The smallest absolute Gasteiger partial charge is 0.0943 e. The summed E-state index contributed by atoms with van der Waals surface area (Å²) in [6.45, 7) is 6.98. The Kier molecular flexibility index (Phi) is 4.76. The average molecular weight is 343 g/mol. The van der Waals surface area contributed by atoms with Crippen molar-refractivity contribution in [2.45, 2.75) is 46.2 Å². The Balaban J connectivity index is 2.08. The van der Waals surface area contributed by atoms with Crippen molar-refractivity contribution >= 4 is 27.3 Å². The molecule has 0 aliphatic carbocycles. The number of nitrogens with two attached hydrogens (primary N) is 1. The standard InChI is InChI=1S/C13H19BrN4S/c1-4-18-11(13(14)9(3)17-18)5-10(15)6-12-16-8(2)7-19-12/h7,10H,4-6,15H2,1-3H3.